The summed E-state index contributed by atoms with van der Waals surface area (Å²) in [6.45, 7) is 8.17. The van der Waals surface area contributed by atoms with Gasteiger partial charge in [0.1, 0.15) is 0 Å². The second kappa shape index (κ2) is 3.47. The summed E-state index contributed by atoms with van der Waals surface area (Å²) in [7, 11) is 0. The molecule has 0 aromatic heterocycles. The van der Waals surface area contributed by atoms with Crippen molar-refractivity contribution in [2.45, 2.75) is 51.7 Å². The fourth-order valence-corrected chi connectivity index (χ4v) is 2.10. The van der Waals surface area contributed by atoms with E-state index in [4.69, 9.17) is 4.74 Å². The summed E-state index contributed by atoms with van der Waals surface area (Å²) in [4.78, 5) is 0. The molecular formula is C11H22O3. The molecule has 2 N–H and O–H groups in total. The van der Waals surface area contributed by atoms with E-state index in [-0.39, 0.29) is 12.2 Å². The number of aliphatic hydroxyl groups is 2. The predicted molar refractivity (Wildman–Crippen MR) is 55.1 cm³/mol. The lowest BCUT2D eigenvalue weighted by Gasteiger charge is -2.40. The summed E-state index contributed by atoms with van der Waals surface area (Å²) < 4.78 is 5.54. The highest BCUT2D eigenvalue weighted by atomic mass is 16.5. The fourth-order valence-electron chi connectivity index (χ4n) is 2.10. The third kappa shape index (κ3) is 1.81. The smallest absolute Gasteiger partial charge is 0.0982 e. The second-order valence-corrected chi connectivity index (χ2v) is 5.33. The van der Waals surface area contributed by atoms with E-state index >= 15 is 0 Å². The van der Waals surface area contributed by atoms with Crippen LogP contribution in [0.1, 0.15) is 40.5 Å². The molecule has 1 rings (SSSR count). The lowest BCUT2D eigenvalue weighted by atomic mass is 9.69. The van der Waals surface area contributed by atoms with Gasteiger partial charge in [0, 0.05) is 11.8 Å². The minimum Gasteiger partial charge on any atom is -0.396 e. The third-order valence-corrected chi connectivity index (χ3v) is 3.67. The summed E-state index contributed by atoms with van der Waals surface area (Å²) >= 11 is 0. The summed E-state index contributed by atoms with van der Waals surface area (Å²) in [5.41, 5.74) is -1.62. The Labute approximate surface area is 86.1 Å². The lowest BCUT2D eigenvalue weighted by Crippen LogP contribution is -2.49. The number of hydrogen-bond donors (Lipinski definition) is 2. The maximum absolute atomic E-state index is 10.5. The molecule has 0 amide bonds. The molecule has 0 aromatic rings. The molecule has 3 nitrogen and oxygen atoms in total. The van der Waals surface area contributed by atoms with E-state index in [2.05, 4.69) is 0 Å². The Morgan fingerprint density at radius 1 is 1.43 bits per heavy atom. The van der Waals surface area contributed by atoms with Crippen molar-refractivity contribution in [3.63, 3.8) is 0 Å². The Bertz CT molecular complexity index is 209. The first-order valence-corrected chi connectivity index (χ1v) is 5.26. The maximum Gasteiger partial charge on any atom is 0.0982 e. The quantitative estimate of drug-likeness (QED) is 0.725. The van der Waals surface area contributed by atoms with Gasteiger partial charge in [0.05, 0.1) is 24.4 Å². The molecule has 0 spiro atoms. The van der Waals surface area contributed by atoms with E-state index in [1.165, 1.54) is 0 Å². The van der Waals surface area contributed by atoms with Gasteiger partial charge in [-0.3, -0.25) is 0 Å². The van der Waals surface area contributed by atoms with Crippen LogP contribution < -0.4 is 0 Å². The Balaban J connectivity index is 2.86. The van der Waals surface area contributed by atoms with E-state index < -0.39 is 11.0 Å². The van der Waals surface area contributed by atoms with Gasteiger partial charge in [0.15, 0.2) is 0 Å². The molecule has 1 aliphatic heterocycles. The van der Waals surface area contributed by atoms with Gasteiger partial charge < -0.3 is 14.9 Å². The highest BCUT2D eigenvalue weighted by Gasteiger charge is 2.53. The summed E-state index contributed by atoms with van der Waals surface area (Å²) in [5, 5.41) is 19.8. The van der Waals surface area contributed by atoms with E-state index in [1.807, 2.05) is 27.7 Å². The molecule has 1 heterocycles. The van der Waals surface area contributed by atoms with Crippen LogP contribution in [0.25, 0.3) is 0 Å². The first kappa shape index (κ1) is 12.0. The van der Waals surface area contributed by atoms with E-state index in [0.717, 1.165) is 6.42 Å². The average Bonchev–Trinajstić information content (AvgIpc) is 2.40. The maximum atomic E-state index is 10.5. The molecule has 0 saturated carbocycles. The molecule has 0 aliphatic carbocycles. The number of ether oxygens (including phenoxy) is 1. The van der Waals surface area contributed by atoms with Crippen LogP contribution in [0.5, 0.6) is 0 Å². The van der Waals surface area contributed by atoms with Gasteiger partial charge in [-0.25, -0.2) is 0 Å². The molecule has 1 saturated heterocycles. The van der Waals surface area contributed by atoms with Gasteiger partial charge in [0.2, 0.25) is 0 Å². The molecule has 0 bridgehead atoms. The van der Waals surface area contributed by atoms with Crippen molar-refractivity contribution >= 4 is 0 Å². The summed E-state index contributed by atoms with van der Waals surface area (Å²) in [6, 6.07) is 0. The van der Waals surface area contributed by atoms with Gasteiger partial charge in [0.25, 0.3) is 0 Å². The third-order valence-electron chi connectivity index (χ3n) is 3.67. The number of rotatable bonds is 3. The Kier molecular flexibility index (Phi) is 2.96. The van der Waals surface area contributed by atoms with Gasteiger partial charge in [-0.1, -0.05) is 13.8 Å². The Morgan fingerprint density at radius 3 is 2.29 bits per heavy atom. The van der Waals surface area contributed by atoms with E-state index in [9.17, 15) is 10.2 Å². The molecule has 0 radical (unpaired) electrons. The van der Waals surface area contributed by atoms with Crippen molar-refractivity contribution in [3.05, 3.63) is 0 Å². The van der Waals surface area contributed by atoms with Gasteiger partial charge in [-0.15, -0.1) is 0 Å². The van der Waals surface area contributed by atoms with Crippen molar-refractivity contribution < 1.29 is 14.9 Å². The first-order chi connectivity index (χ1) is 6.29. The molecular weight excluding hydrogens is 180 g/mol. The minimum atomic E-state index is -0.889. The standard InChI is InChI=1S/C11H22O3/c1-5-10(4,7-12)11(13)6-9(2,3)14-8-11/h12-13H,5-8H2,1-4H3. The van der Waals surface area contributed by atoms with Crippen molar-refractivity contribution in [1.29, 1.82) is 0 Å². The zero-order chi connectivity index (χ0) is 11.0. The zero-order valence-electron chi connectivity index (χ0n) is 9.63. The largest absolute Gasteiger partial charge is 0.396 e. The van der Waals surface area contributed by atoms with Crippen LogP contribution in [-0.4, -0.2) is 34.6 Å². The second-order valence-electron chi connectivity index (χ2n) is 5.33. The molecule has 14 heavy (non-hydrogen) atoms. The van der Waals surface area contributed by atoms with Crippen LogP contribution in [0.15, 0.2) is 0 Å². The average molecular weight is 202 g/mol. The molecule has 84 valence electrons. The van der Waals surface area contributed by atoms with Crippen LogP contribution in [0.3, 0.4) is 0 Å². The van der Waals surface area contributed by atoms with E-state index in [1.54, 1.807) is 0 Å². The molecule has 1 aliphatic rings. The van der Waals surface area contributed by atoms with Crippen LogP contribution in [0, 0.1) is 5.41 Å². The first-order valence-electron chi connectivity index (χ1n) is 5.26. The van der Waals surface area contributed by atoms with Gasteiger partial charge >= 0.3 is 0 Å². The number of hydrogen-bond acceptors (Lipinski definition) is 3. The highest BCUT2D eigenvalue weighted by Crippen LogP contribution is 2.45. The summed E-state index contributed by atoms with van der Waals surface area (Å²) in [6.07, 6.45) is 1.34. The minimum absolute atomic E-state index is 0.000556. The van der Waals surface area contributed by atoms with Crippen molar-refractivity contribution in [2.75, 3.05) is 13.2 Å². The van der Waals surface area contributed by atoms with Crippen molar-refractivity contribution in [3.8, 4) is 0 Å². The zero-order valence-corrected chi connectivity index (χ0v) is 9.63. The molecule has 3 heteroatoms. The molecule has 2 unspecified atom stereocenters. The summed E-state index contributed by atoms with van der Waals surface area (Å²) in [5.74, 6) is 0. The van der Waals surface area contributed by atoms with Crippen LogP contribution >= 0.6 is 0 Å². The molecule has 0 aromatic carbocycles. The fraction of sp³-hybridized carbons (Fsp3) is 1.00. The van der Waals surface area contributed by atoms with Crippen molar-refractivity contribution in [2.24, 2.45) is 5.41 Å². The SMILES string of the molecule is CCC(C)(CO)C1(O)COC(C)(C)C1. The topological polar surface area (TPSA) is 49.7 Å². The van der Waals surface area contributed by atoms with E-state index in [0.29, 0.717) is 13.0 Å². The Morgan fingerprint density at radius 2 is 2.00 bits per heavy atom. The van der Waals surface area contributed by atoms with Crippen LogP contribution in [0.2, 0.25) is 0 Å². The predicted octanol–water partition coefficient (Wildman–Crippen LogP) is 1.32. The van der Waals surface area contributed by atoms with Crippen LogP contribution in [0.4, 0.5) is 0 Å². The van der Waals surface area contributed by atoms with Gasteiger partial charge in [-0.05, 0) is 20.3 Å². The van der Waals surface area contributed by atoms with Crippen molar-refractivity contribution in [1.82, 2.24) is 0 Å². The normalized spacial score (nSPS) is 35.6. The van der Waals surface area contributed by atoms with Crippen LogP contribution in [-0.2, 0) is 4.74 Å². The lowest BCUT2D eigenvalue weighted by molar-refractivity contribution is -0.103. The molecule has 1 fully saturated rings. The molecule has 2 atom stereocenters. The highest BCUT2D eigenvalue weighted by molar-refractivity contribution is 5.03. The Hall–Kier alpha value is -0.120. The monoisotopic (exact) mass is 202 g/mol. The number of aliphatic hydroxyl groups excluding tert-OH is 1. The van der Waals surface area contributed by atoms with Gasteiger partial charge in [-0.2, -0.15) is 0 Å².